The summed E-state index contributed by atoms with van der Waals surface area (Å²) in [5.41, 5.74) is 5.71. The van der Waals surface area contributed by atoms with E-state index in [2.05, 4.69) is 16.2 Å². The number of aryl methyl sites for hydroxylation is 1. The summed E-state index contributed by atoms with van der Waals surface area (Å²) in [4.78, 5) is 23.5. The average Bonchev–Trinajstić information content (AvgIpc) is 2.97. The van der Waals surface area contributed by atoms with Gasteiger partial charge in [-0.15, -0.1) is 0 Å². The molecule has 0 unspecified atom stereocenters. The number of rotatable bonds is 5. The normalized spacial score (nSPS) is 9.91. The van der Waals surface area contributed by atoms with Crippen LogP contribution in [-0.4, -0.2) is 25.5 Å². The molecule has 2 aromatic rings. The minimum atomic E-state index is -0.433. The Kier molecular flexibility index (Phi) is 5.02. The first-order valence-electron chi connectivity index (χ1n) is 6.62. The minimum Gasteiger partial charge on any atom is -0.495 e. The van der Waals surface area contributed by atoms with Crippen molar-refractivity contribution >= 4 is 17.5 Å². The minimum absolute atomic E-state index is 0.00891. The molecule has 1 heterocycles. The van der Waals surface area contributed by atoms with Crippen LogP contribution in [0, 0.1) is 6.92 Å². The van der Waals surface area contributed by atoms with Gasteiger partial charge in [0.2, 0.25) is 0 Å². The van der Waals surface area contributed by atoms with E-state index in [1.165, 1.54) is 12.3 Å². The van der Waals surface area contributed by atoms with Gasteiger partial charge in [-0.05, 0) is 25.1 Å². The summed E-state index contributed by atoms with van der Waals surface area (Å²) in [6.45, 7) is 1.66. The summed E-state index contributed by atoms with van der Waals surface area (Å²) < 4.78 is 10.2. The van der Waals surface area contributed by atoms with E-state index in [1.54, 1.807) is 26.2 Å². The van der Waals surface area contributed by atoms with Gasteiger partial charge in [0.05, 0.1) is 31.2 Å². The number of hydrogen-bond acceptors (Lipinski definition) is 5. The molecule has 3 N–H and O–H groups in total. The van der Waals surface area contributed by atoms with Gasteiger partial charge >= 0.3 is 0 Å². The first-order valence-corrected chi connectivity index (χ1v) is 6.62. The Bertz CT molecular complexity index is 666. The Morgan fingerprint density at radius 2 is 1.95 bits per heavy atom. The molecule has 1 aromatic heterocycles. The summed E-state index contributed by atoms with van der Waals surface area (Å²) in [5.74, 6) is 0.296. The van der Waals surface area contributed by atoms with Crippen molar-refractivity contribution in [1.82, 2.24) is 10.9 Å². The van der Waals surface area contributed by atoms with Crippen molar-refractivity contribution in [2.75, 3.05) is 19.0 Å². The van der Waals surface area contributed by atoms with Crippen molar-refractivity contribution in [3.05, 3.63) is 47.9 Å². The topological polar surface area (TPSA) is 92.6 Å². The fraction of sp³-hybridized carbons (Fsp3) is 0.200. The summed E-state index contributed by atoms with van der Waals surface area (Å²) in [7, 11) is 1.55. The number of ether oxygens (including phenoxy) is 1. The standard InChI is InChI=1S/C15H17N3O4/c1-10-11(7-8-22-10)15(20)18-17-14(19)9-16-12-5-3-4-6-13(12)21-2/h3-8,16H,9H2,1-2H3,(H,17,19)(H,18,20). The van der Waals surface area contributed by atoms with E-state index in [9.17, 15) is 9.59 Å². The molecule has 0 bridgehead atoms. The second kappa shape index (κ2) is 7.16. The smallest absolute Gasteiger partial charge is 0.273 e. The highest BCUT2D eigenvalue weighted by molar-refractivity contribution is 5.96. The molecular weight excluding hydrogens is 286 g/mol. The fourth-order valence-electron chi connectivity index (χ4n) is 1.82. The van der Waals surface area contributed by atoms with Crippen molar-refractivity contribution in [2.24, 2.45) is 0 Å². The van der Waals surface area contributed by atoms with E-state index < -0.39 is 5.91 Å². The Morgan fingerprint density at radius 3 is 2.64 bits per heavy atom. The first-order chi connectivity index (χ1) is 10.6. The zero-order valence-corrected chi connectivity index (χ0v) is 12.3. The lowest BCUT2D eigenvalue weighted by Gasteiger charge is -2.11. The Hall–Kier alpha value is -2.96. The van der Waals surface area contributed by atoms with Crippen LogP contribution < -0.4 is 20.9 Å². The van der Waals surface area contributed by atoms with Gasteiger partial charge in [0.1, 0.15) is 11.5 Å². The van der Waals surface area contributed by atoms with Crippen LogP contribution in [0.25, 0.3) is 0 Å². The van der Waals surface area contributed by atoms with E-state index in [1.807, 2.05) is 12.1 Å². The third-order valence-electron chi connectivity index (χ3n) is 2.97. The number of hydrogen-bond donors (Lipinski definition) is 3. The maximum atomic E-state index is 11.8. The molecule has 2 rings (SSSR count). The molecule has 0 radical (unpaired) electrons. The summed E-state index contributed by atoms with van der Waals surface area (Å²) in [5, 5.41) is 2.93. The predicted molar refractivity (Wildman–Crippen MR) is 80.5 cm³/mol. The average molecular weight is 303 g/mol. The number of para-hydroxylation sites is 2. The number of nitrogens with one attached hydrogen (secondary N) is 3. The van der Waals surface area contributed by atoms with Gasteiger partial charge in [0.25, 0.3) is 11.8 Å². The largest absolute Gasteiger partial charge is 0.495 e. The number of benzene rings is 1. The number of methoxy groups -OCH3 is 1. The predicted octanol–water partition coefficient (Wildman–Crippen LogP) is 1.47. The van der Waals surface area contributed by atoms with Crippen molar-refractivity contribution in [2.45, 2.75) is 6.92 Å². The van der Waals surface area contributed by atoms with Crippen LogP contribution in [0.1, 0.15) is 16.1 Å². The molecule has 0 fully saturated rings. The SMILES string of the molecule is COc1ccccc1NCC(=O)NNC(=O)c1ccoc1C. The quantitative estimate of drug-likeness (QED) is 0.727. The molecule has 7 nitrogen and oxygen atoms in total. The molecule has 0 aliphatic heterocycles. The number of hydrazine groups is 1. The number of anilines is 1. The molecule has 0 saturated heterocycles. The zero-order chi connectivity index (χ0) is 15.9. The van der Waals surface area contributed by atoms with Gasteiger partial charge in [-0.2, -0.15) is 0 Å². The van der Waals surface area contributed by atoms with Gasteiger partial charge in [-0.25, -0.2) is 0 Å². The lowest BCUT2D eigenvalue weighted by molar-refractivity contribution is -0.120. The van der Waals surface area contributed by atoms with Crippen LogP contribution in [0.15, 0.2) is 41.0 Å². The van der Waals surface area contributed by atoms with E-state index in [0.717, 1.165) is 0 Å². The van der Waals surface area contributed by atoms with Crippen molar-refractivity contribution in [1.29, 1.82) is 0 Å². The lowest BCUT2D eigenvalue weighted by Crippen LogP contribution is -2.44. The second-order valence-electron chi connectivity index (χ2n) is 4.45. The van der Waals surface area contributed by atoms with Gasteiger partial charge in [0, 0.05) is 0 Å². The monoisotopic (exact) mass is 303 g/mol. The summed E-state index contributed by atoms with van der Waals surface area (Å²) >= 11 is 0. The maximum absolute atomic E-state index is 11.8. The van der Waals surface area contributed by atoms with Crippen LogP contribution in [0.5, 0.6) is 5.75 Å². The Morgan fingerprint density at radius 1 is 1.18 bits per heavy atom. The van der Waals surface area contributed by atoms with Gasteiger partial charge < -0.3 is 14.5 Å². The van der Waals surface area contributed by atoms with E-state index in [0.29, 0.717) is 22.8 Å². The molecule has 7 heteroatoms. The third-order valence-corrected chi connectivity index (χ3v) is 2.97. The van der Waals surface area contributed by atoms with Crippen molar-refractivity contribution in [3.63, 3.8) is 0 Å². The lowest BCUT2D eigenvalue weighted by atomic mass is 10.2. The van der Waals surface area contributed by atoms with Crippen molar-refractivity contribution < 1.29 is 18.7 Å². The highest BCUT2D eigenvalue weighted by Gasteiger charge is 2.12. The molecular formula is C15H17N3O4. The first kappa shape index (κ1) is 15.4. The molecule has 0 saturated carbocycles. The van der Waals surface area contributed by atoms with Crippen LogP contribution in [0.2, 0.25) is 0 Å². The van der Waals surface area contributed by atoms with Gasteiger partial charge in [0.15, 0.2) is 0 Å². The fourth-order valence-corrected chi connectivity index (χ4v) is 1.82. The highest BCUT2D eigenvalue weighted by Crippen LogP contribution is 2.22. The number of carbonyl (C=O) groups is 2. The molecule has 1 aromatic carbocycles. The number of furan rings is 1. The molecule has 0 aliphatic carbocycles. The van der Waals surface area contributed by atoms with E-state index in [-0.39, 0.29) is 12.5 Å². The molecule has 116 valence electrons. The van der Waals surface area contributed by atoms with E-state index >= 15 is 0 Å². The zero-order valence-electron chi connectivity index (χ0n) is 12.3. The summed E-state index contributed by atoms with van der Waals surface area (Å²) in [6, 6.07) is 8.76. The number of carbonyl (C=O) groups excluding carboxylic acids is 2. The Labute approximate surface area is 127 Å². The van der Waals surface area contributed by atoms with Crippen molar-refractivity contribution in [3.8, 4) is 5.75 Å². The van der Waals surface area contributed by atoms with Crippen LogP contribution in [0.3, 0.4) is 0 Å². The molecule has 0 aliphatic rings. The third kappa shape index (κ3) is 3.78. The Balaban J connectivity index is 1.81. The van der Waals surface area contributed by atoms with Crippen LogP contribution >= 0.6 is 0 Å². The van der Waals surface area contributed by atoms with E-state index in [4.69, 9.17) is 9.15 Å². The van der Waals surface area contributed by atoms with Crippen LogP contribution in [-0.2, 0) is 4.79 Å². The highest BCUT2D eigenvalue weighted by atomic mass is 16.5. The second-order valence-corrected chi connectivity index (χ2v) is 4.45. The molecule has 2 amide bonds. The summed E-state index contributed by atoms with van der Waals surface area (Å²) in [6.07, 6.45) is 1.41. The van der Waals surface area contributed by atoms with Gasteiger partial charge in [-0.1, -0.05) is 12.1 Å². The maximum Gasteiger partial charge on any atom is 0.273 e. The molecule has 22 heavy (non-hydrogen) atoms. The number of amides is 2. The molecule has 0 spiro atoms. The molecule has 0 atom stereocenters. The van der Waals surface area contributed by atoms with Gasteiger partial charge in [-0.3, -0.25) is 20.4 Å². The van der Waals surface area contributed by atoms with Crippen LogP contribution in [0.4, 0.5) is 5.69 Å².